The first-order valence-corrected chi connectivity index (χ1v) is 13.4. The fraction of sp³-hybridized carbons (Fsp3) is 0.600. The Morgan fingerprint density at radius 3 is 2.03 bits per heavy atom. The van der Waals surface area contributed by atoms with Gasteiger partial charge in [-0.1, -0.05) is 77.8 Å². The highest BCUT2D eigenvalue weighted by Gasteiger charge is 2.12. The summed E-state index contributed by atoms with van der Waals surface area (Å²) >= 11 is 5.89. The van der Waals surface area contributed by atoms with E-state index in [1.54, 1.807) is 0 Å². The summed E-state index contributed by atoms with van der Waals surface area (Å²) in [4.78, 5) is 22.3. The SMILES string of the molecule is C#C.CC.CC.CC/C(Cl)=C(/C)C(C)C.COC(=O)CNCCCOc1cc(C(C)=O)ccc1CC(F)F. The van der Waals surface area contributed by atoms with Gasteiger partial charge in [0.05, 0.1) is 20.3 Å². The third-order valence-electron chi connectivity index (χ3n) is 4.70. The molecule has 0 amide bonds. The minimum absolute atomic E-state index is 0.104. The van der Waals surface area contributed by atoms with Gasteiger partial charge in [0.1, 0.15) is 5.75 Å². The van der Waals surface area contributed by atoms with Crippen LogP contribution in [0.5, 0.6) is 5.75 Å². The molecular formula is C30H50ClF2NO4. The number of halogens is 3. The van der Waals surface area contributed by atoms with Gasteiger partial charge in [0.15, 0.2) is 5.78 Å². The number of carbonyl (C=O) groups excluding carboxylic acids is 2. The molecule has 0 saturated heterocycles. The summed E-state index contributed by atoms with van der Waals surface area (Å²) in [6, 6.07) is 4.50. The zero-order valence-corrected chi connectivity index (χ0v) is 25.8. The Balaban J connectivity index is -0.000000322. The van der Waals surface area contributed by atoms with Crippen molar-refractivity contribution in [3.63, 3.8) is 0 Å². The van der Waals surface area contributed by atoms with E-state index < -0.39 is 12.8 Å². The fourth-order valence-electron chi connectivity index (χ4n) is 2.48. The highest BCUT2D eigenvalue weighted by Crippen LogP contribution is 2.24. The molecule has 8 heteroatoms. The molecule has 0 saturated carbocycles. The summed E-state index contributed by atoms with van der Waals surface area (Å²) in [5.41, 5.74) is 2.11. The van der Waals surface area contributed by atoms with Gasteiger partial charge in [-0.2, -0.15) is 0 Å². The topological polar surface area (TPSA) is 64.6 Å². The molecule has 0 aliphatic heterocycles. The molecule has 0 spiro atoms. The first-order chi connectivity index (χ1) is 18.0. The molecule has 0 fully saturated rings. The van der Waals surface area contributed by atoms with Crippen LogP contribution in [0.25, 0.3) is 0 Å². The molecule has 1 N–H and O–H groups in total. The van der Waals surface area contributed by atoms with Gasteiger partial charge in [0, 0.05) is 17.0 Å². The molecule has 0 bridgehead atoms. The number of ketones is 1. The summed E-state index contributed by atoms with van der Waals surface area (Å²) in [5, 5.41) is 3.89. The Labute approximate surface area is 235 Å². The summed E-state index contributed by atoms with van der Waals surface area (Å²) in [6.45, 7) is 18.8. The minimum Gasteiger partial charge on any atom is -0.493 e. The quantitative estimate of drug-likeness (QED) is 0.121. The van der Waals surface area contributed by atoms with Gasteiger partial charge in [-0.15, -0.1) is 12.8 Å². The third-order valence-corrected chi connectivity index (χ3v) is 5.27. The number of esters is 1. The Morgan fingerprint density at radius 1 is 1.08 bits per heavy atom. The number of allylic oxidation sites excluding steroid dienone is 2. The normalized spacial score (nSPS) is 10.1. The number of rotatable bonds is 12. The van der Waals surface area contributed by atoms with Crippen molar-refractivity contribution >= 4 is 23.4 Å². The second-order valence-electron chi connectivity index (χ2n) is 7.52. The van der Waals surface area contributed by atoms with Crippen molar-refractivity contribution in [2.75, 3.05) is 26.8 Å². The molecule has 5 nitrogen and oxygen atoms in total. The van der Waals surface area contributed by atoms with E-state index in [0.29, 0.717) is 35.8 Å². The lowest BCUT2D eigenvalue weighted by molar-refractivity contribution is -0.139. The molecular weight excluding hydrogens is 512 g/mol. The number of benzene rings is 1. The summed E-state index contributed by atoms with van der Waals surface area (Å²) in [5.74, 6) is 0.376. The van der Waals surface area contributed by atoms with Crippen LogP contribution in [0.3, 0.4) is 0 Å². The van der Waals surface area contributed by atoms with E-state index in [2.05, 4.69) is 50.6 Å². The molecule has 0 aliphatic rings. The number of methoxy groups -OCH3 is 1. The van der Waals surface area contributed by atoms with E-state index in [1.165, 1.54) is 37.8 Å². The van der Waals surface area contributed by atoms with Gasteiger partial charge >= 0.3 is 5.97 Å². The monoisotopic (exact) mass is 561 g/mol. The number of hydrogen-bond acceptors (Lipinski definition) is 5. The zero-order chi connectivity index (χ0) is 30.7. The van der Waals surface area contributed by atoms with Gasteiger partial charge < -0.3 is 14.8 Å². The molecule has 1 aromatic carbocycles. The van der Waals surface area contributed by atoms with Crippen molar-refractivity contribution in [1.29, 1.82) is 0 Å². The largest absolute Gasteiger partial charge is 0.493 e. The Morgan fingerprint density at radius 2 is 1.63 bits per heavy atom. The summed E-state index contributed by atoms with van der Waals surface area (Å²) in [7, 11) is 1.31. The highest BCUT2D eigenvalue weighted by molar-refractivity contribution is 6.29. The van der Waals surface area contributed by atoms with Crippen LogP contribution in [0.4, 0.5) is 8.78 Å². The number of alkyl halides is 2. The van der Waals surface area contributed by atoms with Gasteiger partial charge in [-0.25, -0.2) is 8.78 Å². The van der Waals surface area contributed by atoms with Crippen LogP contribution in [-0.2, 0) is 16.0 Å². The van der Waals surface area contributed by atoms with Crippen molar-refractivity contribution in [3.8, 4) is 18.6 Å². The molecule has 0 heterocycles. The zero-order valence-electron chi connectivity index (χ0n) is 25.1. The molecule has 0 aromatic heterocycles. The van der Waals surface area contributed by atoms with Crippen LogP contribution >= 0.6 is 11.6 Å². The van der Waals surface area contributed by atoms with Crippen molar-refractivity contribution in [2.45, 2.75) is 88.0 Å². The van der Waals surface area contributed by atoms with E-state index in [-0.39, 0.29) is 24.9 Å². The van der Waals surface area contributed by atoms with E-state index in [9.17, 15) is 18.4 Å². The van der Waals surface area contributed by atoms with Crippen LogP contribution < -0.4 is 10.1 Å². The third kappa shape index (κ3) is 22.7. The van der Waals surface area contributed by atoms with Gasteiger partial charge in [0.2, 0.25) is 6.43 Å². The second kappa shape index (κ2) is 29.1. The lowest BCUT2D eigenvalue weighted by Gasteiger charge is -2.13. The van der Waals surface area contributed by atoms with Crippen LogP contribution in [0.2, 0.25) is 0 Å². The first kappa shape index (κ1) is 42.7. The maximum atomic E-state index is 12.6. The van der Waals surface area contributed by atoms with Gasteiger partial charge in [-0.05, 0) is 50.8 Å². The predicted molar refractivity (Wildman–Crippen MR) is 157 cm³/mol. The average molecular weight is 562 g/mol. The number of carbonyl (C=O) groups is 2. The second-order valence-corrected chi connectivity index (χ2v) is 7.98. The maximum Gasteiger partial charge on any atom is 0.319 e. The van der Waals surface area contributed by atoms with Crippen LogP contribution in [0.15, 0.2) is 28.8 Å². The van der Waals surface area contributed by atoms with E-state index >= 15 is 0 Å². The molecule has 0 atom stereocenters. The maximum absolute atomic E-state index is 12.6. The van der Waals surface area contributed by atoms with E-state index in [4.69, 9.17) is 16.3 Å². The predicted octanol–water partition coefficient (Wildman–Crippen LogP) is 8.10. The van der Waals surface area contributed by atoms with Gasteiger partial charge in [0.25, 0.3) is 0 Å². The smallest absolute Gasteiger partial charge is 0.319 e. The number of ether oxygens (including phenoxy) is 2. The van der Waals surface area contributed by atoms with Crippen molar-refractivity contribution in [1.82, 2.24) is 5.32 Å². The van der Waals surface area contributed by atoms with Crippen molar-refractivity contribution < 1.29 is 27.8 Å². The van der Waals surface area contributed by atoms with Gasteiger partial charge in [-0.3, -0.25) is 9.59 Å². The lowest BCUT2D eigenvalue weighted by atomic mass is 10.0. The number of terminal acetylenes is 1. The number of hydrogen-bond donors (Lipinski definition) is 1. The van der Waals surface area contributed by atoms with Crippen molar-refractivity contribution in [3.05, 3.63) is 39.9 Å². The molecule has 0 unspecified atom stereocenters. The highest BCUT2D eigenvalue weighted by atomic mass is 35.5. The summed E-state index contributed by atoms with van der Waals surface area (Å²) < 4.78 is 35.2. The van der Waals surface area contributed by atoms with Crippen LogP contribution in [0, 0.1) is 18.8 Å². The number of nitrogens with one attached hydrogen (secondary N) is 1. The first-order valence-electron chi connectivity index (χ1n) is 13.0. The number of Topliss-reactive ketones (excluding diaryl/α,β-unsaturated/α-hetero) is 1. The molecule has 38 heavy (non-hydrogen) atoms. The fourth-order valence-corrected chi connectivity index (χ4v) is 2.69. The lowest BCUT2D eigenvalue weighted by Crippen LogP contribution is -2.25. The molecule has 1 rings (SSSR count). The Kier molecular flexibility index (Phi) is 32.7. The molecule has 1 aromatic rings. The molecule has 0 aliphatic carbocycles. The standard InChI is InChI=1S/C16H21F2NO4.C8H15Cl.2C2H6.C2H2/c1-11(20)12-4-5-13(9-15(17)18)14(8-12)23-7-3-6-19-10-16(21)22-2;1-5-8(9)7(4)6(2)3;3*1-2/h4-5,8,15,19H,3,6-7,9-10H2,1-2H3;6H,5H2,1-4H3;2*1-2H3;1-2H/b;8-7+;;;. The summed E-state index contributed by atoms with van der Waals surface area (Å²) in [6.07, 6.45) is 6.64. The van der Waals surface area contributed by atoms with E-state index in [0.717, 1.165) is 11.5 Å². The Hall–Kier alpha value is -2.43. The van der Waals surface area contributed by atoms with E-state index in [1.807, 2.05) is 27.7 Å². The van der Waals surface area contributed by atoms with Crippen LogP contribution in [0.1, 0.15) is 91.1 Å². The minimum atomic E-state index is -2.48. The van der Waals surface area contributed by atoms with Crippen molar-refractivity contribution in [2.24, 2.45) is 5.92 Å². The molecule has 220 valence electrons. The Bertz CT molecular complexity index is 794. The molecule has 0 radical (unpaired) electrons. The van der Waals surface area contributed by atoms with Crippen LogP contribution in [-0.4, -0.2) is 45.0 Å². The average Bonchev–Trinajstić information content (AvgIpc) is 2.93.